The summed E-state index contributed by atoms with van der Waals surface area (Å²) in [7, 11) is 0. The van der Waals surface area contributed by atoms with Crippen molar-refractivity contribution in [2.24, 2.45) is 0 Å². The van der Waals surface area contributed by atoms with E-state index in [-0.39, 0.29) is 44.3 Å². The molecule has 1 heterocycles. The van der Waals surface area contributed by atoms with E-state index in [9.17, 15) is 9.59 Å². The second-order valence-corrected chi connectivity index (χ2v) is 3.10. The number of carboxylic acids is 2. The molecular formula is C7H6Cl2O4SZn. The van der Waals surface area contributed by atoms with Gasteiger partial charge in [0.2, 0.25) is 0 Å². The van der Waals surface area contributed by atoms with Crippen LogP contribution in [0.3, 0.4) is 0 Å². The molecule has 1 aromatic heterocycles. The standard InChI is InChI=1S/C7H6O4S.2ClH.Zn/c8-6(9)5(7(10)11)4-2-1-3-12-4;;;/h1-3,5H,(H,8,9)(H,10,11);2*1H;/q;;;+2/p-2. The molecule has 0 unspecified atom stereocenters. The van der Waals surface area contributed by atoms with Gasteiger partial charge >= 0.3 is 31.4 Å². The van der Waals surface area contributed by atoms with E-state index in [1.165, 1.54) is 6.07 Å². The third kappa shape index (κ3) is 5.47. The molecule has 0 saturated heterocycles. The number of aliphatic carboxylic acids is 2. The summed E-state index contributed by atoms with van der Waals surface area (Å²) >= 11 is 1.13. The van der Waals surface area contributed by atoms with Crippen LogP contribution < -0.4 is 24.8 Å². The Bertz CT molecular complexity index is 290. The Morgan fingerprint density at radius 1 is 1.20 bits per heavy atom. The van der Waals surface area contributed by atoms with Crippen LogP contribution in [0.4, 0.5) is 0 Å². The van der Waals surface area contributed by atoms with Gasteiger partial charge in [0.05, 0.1) is 0 Å². The predicted molar refractivity (Wildman–Crippen MR) is 42.3 cm³/mol. The minimum Gasteiger partial charge on any atom is -1.00 e. The first-order valence-corrected chi connectivity index (χ1v) is 4.00. The molecule has 0 aliphatic rings. The Morgan fingerprint density at radius 2 is 1.67 bits per heavy atom. The monoisotopic (exact) mass is 320 g/mol. The second kappa shape index (κ2) is 9.10. The van der Waals surface area contributed by atoms with Crippen molar-refractivity contribution in [1.29, 1.82) is 0 Å². The van der Waals surface area contributed by atoms with E-state index in [4.69, 9.17) is 10.2 Å². The van der Waals surface area contributed by atoms with Gasteiger partial charge in [0.15, 0.2) is 5.92 Å². The van der Waals surface area contributed by atoms with Crippen LogP contribution in [-0.4, -0.2) is 22.2 Å². The van der Waals surface area contributed by atoms with Gasteiger partial charge in [-0.25, -0.2) is 0 Å². The average Bonchev–Trinajstić information content (AvgIpc) is 2.37. The summed E-state index contributed by atoms with van der Waals surface area (Å²) in [6.07, 6.45) is 0. The van der Waals surface area contributed by atoms with Gasteiger partial charge in [0, 0.05) is 4.88 Å². The summed E-state index contributed by atoms with van der Waals surface area (Å²) in [5.41, 5.74) is 0. The molecule has 1 rings (SSSR count). The molecular weight excluding hydrogens is 316 g/mol. The number of carbonyl (C=O) groups is 2. The molecule has 0 aliphatic carbocycles. The van der Waals surface area contributed by atoms with Gasteiger partial charge in [-0.1, -0.05) is 6.07 Å². The summed E-state index contributed by atoms with van der Waals surface area (Å²) < 4.78 is 0. The molecule has 0 aromatic carbocycles. The Kier molecular flexibility index (Phi) is 12.3. The molecule has 8 heteroatoms. The molecule has 2 N–H and O–H groups in total. The van der Waals surface area contributed by atoms with Crippen LogP contribution in [0.5, 0.6) is 0 Å². The van der Waals surface area contributed by atoms with Crippen LogP contribution in [0.25, 0.3) is 0 Å². The Morgan fingerprint density at radius 3 is 1.93 bits per heavy atom. The zero-order chi connectivity index (χ0) is 9.14. The third-order valence-electron chi connectivity index (χ3n) is 1.32. The van der Waals surface area contributed by atoms with Gasteiger partial charge in [-0.2, -0.15) is 0 Å². The van der Waals surface area contributed by atoms with Crippen molar-refractivity contribution in [2.75, 3.05) is 0 Å². The Hall–Kier alpha value is -0.157. The molecule has 0 spiro atoms. The molecule has 1 aromatic rings. The van der Waals surface area contributed by atoms with Gasteiger partial charge < -0.3 is 35.0 Å². The second-order valence-electron chi connectivity index (χ2n) is 2.12. The van der Waals surface area contributed by atoms with Gasteiger partial charge in [0.25, 0.3) is 0 Å². The van der Waals surface area contributed by atoms with Crippen LogP contribution in [0.1, 0.15) is 10.8 Å². The molecule has 15 heavy (non-hydrogen) atoms. The van der Waals surface area contributed by atoms with E-state index in [2.05, 4.69) is 0 Å². The molecule has 0 radical (unpaired) electrons. The number of hydrogen-bond donors (Lipinski definition) is 2. The maximum absolute atomic E-state index is 10.5. The predicted octanol–water partition coefficient (Wildman–Crippen LogP) is -4.99. The Balaban J connectivity index is -0.000000480. The van der Waals surface area contributed by atoms with E-state index < -0.39 is 17.9 Å². The maximum atomic E-state index is 10.5. The quantitative estimate of drug-likeness (QED) is 0.432. The number of halogens is 2. The van der Waals surface area contributed by atoms with Crippen molar-refractivity contribution in [3.8, 4) is 0 Å². The van der Waals surface area contributed by atoms with Crippen molar-refractivity contribution in [3.63, 3.8) is 0 Å². The first-order valence-electron chi connectivity index (χ1n) is 3.12. The zero-order valence-electron chi connectivity index (χ0n) is 7.39. The van der Waals surface area contributed by atoms with Crippen molar-refractivity contribution in [2.45, 2.75) is 5.92 Å². The maximum Gasteiger partial charge on any atom is 2.00 e. The van der Waals surface area contributed by atoms with E-state index in [0.29, 0.717) is 4.88 Å². The summed E-state index contributed by atoms with van der Waals surface area (Å²) in [5.74, 6) is -4.08. The number of thiophene rings is 1. The first kappa shape index (κ1) is 20.3. The van der Waals surface area contributed by atoms with Crippen LogP contribution >= 0.6 is 11.3 Å². The van der Waals surface area contributed by atoms with E-state index in [1.807, 2.05) is 0 Å². The smallest absolute Gasteiger partial charge is 1.00 e. The van der Waals surface area contributed by atoms with E-state index in [0.717, 1.165) is 11.3 Å². The molecule has 0 bridgehead atoms. The van der Waals surface area contributed by atoms with Crippen LogP contribution in [-0.2, 0) is 29.1 Å². The fraction of sp³-hybridized carbons (Fsp3) is 0.143. The molecule has 0 atom stereocenters. The van der Waals surface area contributed by atoms with Gasteiger partial charge in [-0.3, -0.25) is 9.59 Å². The van der Waals surface area contributed by atoms with Crippen LogP contribution in [0, 0.1) is 0 Å². The van der Waals surface area contributed by atoms with Gasteiger partial charge in [-0.05, 0) is 11.4 Å². The number of hydrogen-bond acceptors (Lipinski definition) is 3. The van der Waals surface area contributed by atoms with E-state index >= 15 is 0 Å². The average molecular weight is 322 g/mol. The normalized spacial score (nSPS) is 8.07. The van der Waals surface area contributed by atoms with Crippen LogP contribution in [0.2, 0.25) is 0 Å². The number of rotatable bonds is 3. The summed E-state index contributed by atoms with van der Waals surface area (Å²) in [5, 5.41) is 18.7. The molecule has 0 fully saturated rings. The minimum absolute atomic E-state index is 0. The van der Waals surface area contributed by atoms with Crippen molar-refractivity contribution in [1.82, 2.24) is 0 Å². The fourth-order valence-electron chi connectivity index (χ4n) is 0.805. The molecule has 0 aliphatic heterocycles. The van der Waals surface area contributed by atoms with E-state index in [1.54, 1.807) is 11.4 Å². The topological polar surface area (TPSA) is 74.6 Å². The van der Waals surface area contributed by atoms with Crippen molar-refractivity contribution in [3.05, 3.63) is 22.4 Å². The minimum atomic E-state index is -1.43. The Labute approximate surface area is 115 Å². The molecule has 80 valence electrons. The fourth-order valence-corrected chi connectivity index (χ4v) is 1.61. The summed E-state index contributed by atoms with van der Waals surface area (Å²) in [4.78, 5) is 21.3. The van der Waals surface area contributed by atoms with Gasteiger partial charge in [0.1, 0.15) is 0 Å². The van der Waals surface area contributed by atoms with Crippen LogP contribution in [0.15, 0.2) is 17.5 Å². The van der Waals surface area contributed by atoms with Gasteiger partial charge in [-0.15, -0.1) is 11.3 Å². The SMILES string of the molecule is O=C(O)C(C(=O)O)c1cccs1.[Cl-].[Cl-].[Zn+2]. The summed E-state index contributed by atoms with van der Waals surface area (Å²) in [6.45, 7) is 0. The molecule has 0 amide bonds. The zero-order valence-corrected chi connectivity index (χ0v) is 12.7. The molecule has 0 saturated carbocycles. The first-order chi connectivity index (χ1) is 5.63. The van der Waals surface area contributed by atoms with Crippen molar-refractivity contribution < 1.29 is 64.1 Å². The third-order valence-corrected chi connectivity index (χ3v) is 2.26. The largest absolute Gasteiger partial charge is 2.00 e. The molecule has 4 nitrogen and oxygen atoms in total. The van der Waals surface area contributed by atoms with Crippen molar-refractivity contribution >= 4 is 23.3 Å². The summed E-state index contributed by atoms with van der Waals surface area (Å²) in [6, 6.07) is 3.12. The number of carboxylic acid groups (broad SMARTS) is 2.